The minimum absolute atomic E-state index is 0.0854. The molecule has 27 heavy (non-hydrogen) atoms. The van der Waals surface area contributed by atoms with E-state index in [1.165, 1.54) is 0 Å². The molecule has 1 amide bonds. The molecule has 6 heteroatoms. The monoisotopic (exact) mass is 365 g/mol. The van der Waals surface area contributed by atoms with Crippen molar-refractivity contribution in [2.45, 2.75) is 33.6 Å². The van der Waals surface area contributed by atoms with Gasteiger partial charge in [-0.2, -0.15) is 4.98 Å². The zero-order valence-electron chi connectivity index (χ0n) is 15.9. The van der Waals surface area contributed by atoms with Crippen molar-refractivity contribution in [3.63, 3.8) is 0 Å². The van der Waals surface area contributed by atoms with Gasteiger partial charge in [0.2, 0.25) is 0 Å². The summed E-state index contributed by atoms with van der Waals surface area (Å²) in [6.45, 7) is 7.91. The first-order valence-corrected chi connectivity index (χ1v) is 8.87. The number of benzene rings is 2. The van der Waals surface area contributed by atoms with E-state index in [1.807, 2.05) is 58.0 Å². The summed E-state index contributed by atoms with van der Waals surface area (Å²) in [7, 11) is 0. The van der Waals surface area contributed by atoms with E-state index in [4.69, 9.17) is 9.26 Å². The van der Waals surface area contributed by atoms with Crippen LogP contribution in [0.15, 0.2) is 47.0 Å². The van der Waals surface area contributed by atoms with Gasteiger partial charge in [-0.05, 0) is 49.2 Å². The molecule has 0 aliphatic rings. The van der Waals surface area contributed by atoms with Gasteiger partial charge in [0.1, 0.15) is 5.75 Å². The summed E-state index contributed by atoms with van der Waals surface area (Å²) in [5, 5.41) is 6.85. The van der Waals surface area contributed by atoms with Gasteiger partial charge in [-0.3, -0.25) is 4.79 Å². The average molecular weight is 365 g/mol. The molecular weight excluding hydrogens is 342 g/mol. The first-order chi connectivity index (χ1) is 12.9. The highest BCUT2D eigenvalue weighted by atomic mass is 16.5. The van der Waals surface area contributed by atoms with Crippen molar-refractivity contribution >= 4 is 11.6 Å². The predicted octanol–water partition coefficient (Wildman–Crippen LogP) is 4.49. The standard InChI is InChI=1S/C21H23N3O3/c1-13(2)20-23-21(27-24-20)16-8-6-9-17(11-16)26-12-19(25)22-18-10-5-7-14(3)15(18)4/h5-11,13H,12H2,1-4H3,(H,22,25). The first kappa shape index (κ1) is 18.6. The van der Waals surface area contributed by atoms with Crippen LogP contribution in [0.2, 0.25) is 0 Å². The van der Waals surface area contributed by atoms with Crippen LogP contribution >= 0.6 is 0 Å². The molecule has 3 rings (SSSR count). The number of nitrogens with one attached hydrogen (secondary N) is 1. The van der Waals surface area contributed by atoms with Crippen molar-refractivity contribution in [2.24, 2.45) is 0 Å². The van der Waals surface area contributed by atoms with Gasteiger partial charge in [0.15, 0.2) is 12.4 Å². The fraction of sp³-hybridized carbons (Fsp3) is 0.286. The van der Waals surface area contributed by atoms with Crippen LogP contribution in [0, 0.1) is 13.8 Å². The summed E-state index contributed by atoms with van der Waals surface area (Å²) in [4.78, 5) is 16.6. The van der Waals surface area contributed by atoms with Gasteiger partial charge in [0.05, 0.1) is 0 Å². The molecule has 1 aromatic heterocycles. The van der Waals surface area contributed by atoms with Gasteiger partial charge in [-0.15, -0.1) is 0 Å². The molecule has 0 aliphatic carbocycles. The molecule has 0 fully saturated rings. The van der Waals surface area contributed by atoms with Crippen LogP contribution in [-0.4, -0.2) is 22.7 Å². The van der Waals surface area contributed by atoms with E-state index in [-0.39, 0.29) is 18.4 Å². The van der Waals surface area contributed by atoms with Crippen LogP contribution < -0.4 is 10.1 Å². The van der Waals surface area contributed by atoms with E-state index >= 15 is 0 Å². The maximum absolute atomic E-state index is 12.2. The maximum Gasteiger partial charge on any atom is 0.262 e. The van der Waals surface area contributed by atoms with E-state index in [0.29, 0.717) is 17.5 Å². The zero-order valence-corrected chi connectivity index (χ0v) is 15.9. The lowest BCUT2D eigenvalue weighted by molar-refractivity contribution is -0.118. The quantitative estimate of drug-likeness (QED) is 0.696. The van der Waals surface area contributed by atoms with Crippen LogP contribution in [0.4, 0.5) is 5.69 Å². The molecule has 0 saturated heterocycles. The van der Waals surface area contributed by atoms with Gasteiger partial charge in [0.25, 0.3) is 11.8 Å². The molecule has 0 unspecified atom stereocenters. The topological polar surface area (TPSA) is 77.2 Å². The summed E-state index contributed by atoms with van der Waals surface area (Å²) in [5.74, 6) is 1.63. The Balaban J connectivity index is 1.64. The molecule has 0 saturated carbocycles. The highest BCUT2D eigenvalue weighted by Crippen LogP contribution is 2.24. The second kappa shape index (κ2) is 8.03. The molecule has 3 aromatic rings. The fourth-order valence-electron chi connectivity index (χ4n) is 2.53. The van der Waals surface area contributed by atoms with E-state index in [9.17, 15) is 4.79 Å². The van der Waals surface area contributed by atoms with Gasteiger partial charge in [-0.1, -0.05) is 37.2 Å². The molecule has 0 atom stereocenters. The average Bonchev–Trinajstić information content (AvgIpc) is 3.15. The van der Waals surface area contributed by atoms with Crippen molar-refractivity contribution in [1.82, 2.24) is 10.1 Å². The second-order valence-electron chi connectivity index (χ2n) is 6.72. The van der Waals surface area contributed by atoms with Gasteiger partial charge < -0.3 is 14.6 Å². The van der Waals surface area contributed by atoms with Gasteiger partial charge in [0, 0.05) is 17.2 Å². The minimum Gasteiger partial charge on any atom is -0.484 e. The molecule has 1 N–H and O–H groups in total. The number of anilines is 1. The van der Waals surface area contributed by atoms with E-state index < -0.39 is 0 Å². The molecule has 6 nitrogen and oxygen atoms in total. The van der Waals surface area contributed by atoms with Crippen molar-refractivity contribution in [3.05, 3.63) is 59.4 Å². The molecule has 0 aliphatic heterocycles. The van der Waals surface area contributed by atoms with Crippen LogP contribution in [0.3, 0.4) is 0 Å². The maximum atomic E-state index is 12.2. The molecule has 2 aromatic carbocycles. The number of ether oxygens (including phenoxy) is 1. The molecule has 0 bridgehead atoms. The summed E-state index contributed by atoms with van der Waals surface area (Å²) in [6.07, 6.45) is 0. The number of carbonyl (C=O) groups excluding carboxylic acids is 1. The molecule has 0 radical (unpaired) electrons. The Labute approximate surface area is 158 Å². The van der Waals surface area contributed by atoms with Crippen LogP contribution in [0.25, 0.3) is 11.5 Å². The third-order valence-electron chi connectivity index (χ3n) is 4.29. The van der Waals surface area contributed by atoms with Crippen molar-refractivity contribution in [3.8, 4) is 17.2 Å². The van der Waals surface area contributed by atoms with Crippen LogP contribution in [0.5, 0.6) is 5.75 Å². The summed E-state index contributed by atoms with van der Waals surface area (Å²) < 4.78 is 10.9. The van der Waals surface area contributed by atoms with E-state index in [2.05, 4.69) is 15.5 Å². The Bertz CT molecular complexity index is 947. The third-order valence-corrected chi connectivity index (χ3v) is 4.29. The van der Waals surface area contributed by atoms with Crippen LogP contribution in [-0.2, 0) is 4.79 Å². The second-order valence-corrected chi connectivity index (χ2v) is 6.72. The third kappa shape index (κ3) is 4.53. The van der Waals surface area contributed by atoms with Gasteiger partial charge in [-0.25, -0.2) is 0 Å². The summed E-state index contributed by atoms with van der Waals surface area (Å²) in [6, 6.07) is 13.1. The number of aryl methyl sites for hydroxylation is 1. The smallest absolute Gasteiger partial charge is 0.262 e. The molecular formula is C21H23N3O3. The highest BCUT2D eigenvalue weighted by molar-refractivity contribution is 5.92. The Hall–Kier alpha value is -3.15. The molecule has 0 spiro atoms. The first-order valence-electron chi connectivity index (χ1n) is 8.87. The van der Waals surface area contributed by atoms with Crippen LogP contribution in [0.1, 0.15) is 36.7 Å². The summed E-state index contributed by atoms with van der Waals surface area (Å²) >= 11 is 0. The van der Waals surface area contributed by atoms with Crippen molar-refractivity contribution in [1.29, 1.82) is 0 Å². The van der Waals surface area contributed by atoms with Crippen molar-refractivity contribution in [2.75, 3.05) is 11.9 Å². The molecule has 140 valence electrons. The minimum atomic E-state index is -0.214. The van der Waals surface area contributed by atoms with E-state index in [0.717, 1.165) is 22.4 Å². The fourth-order valence-corrected chi connectivity index (χ4v) is 2.53. The lowest BCUT2D eigenvalue weighted by atomic mass is 10.1. The van der Waals surface area contributed by atoms with E-state index in [1.54, 1.807) is 12.1 Å². The molecule has 1 heterocycles. The number of hydrogen-bond acceptors (Lipinski definition) is 5. The Morgan fingerprint density at radius 2 is 1.96 bits per heavy atom. The SMILES string of the molecule is Cc1cccc(NC(=O)COc2cccc(-c3nc(C(C)C)no3)c2)c1C. The normalized spacial score (nSPS) is 10.9. The Morgan fingerprint density at radius 1 is 1.19 bits per heavy atom. The lowest BCUT2D eigenvalue weighted by Crippen LogP contribution is -2.20. The zero-order chi connectivity index (χ0) is 19.4. The summed E-state index contributed by atoms with van der Waals surface area (Å²) in [5.41, 5.74) is 3.72. The number of nitrogens with zero attached hydrogens (tertiary/aromatic N) is 2. The number of rotatable bonds is 6. The predicted molar refractivity (Wildman–Crippen MR) is 104 cm³/mol. The Morgan fingerprint density at radius 3 is 2.70 bits per heavy atom. The lowest BCUT2D eigenvalue weighted by Gasteiger charge is -2.11. The van der Waals surface area contributed by atoms with Crippen molar-refractivity contribution < 1.29 is 14.1 Å². The largest absolute Gasteiger partial charge is 0.484 e. The number of aromatic nitrogens is 2. The number of amides is 1. The number of carbonyl (C=O) groups is 1. The number of hydrogen-bond donors (Lipinski definition) is 1. The van der Waals surface area contributed by atoms with Gasteiger partial charge >= 0.3 is 0 Å². The highest BCUT2D eigenvalue weighted by Gasteiger charge is 2.12. The Kier molecular flexibility index (Phi) is 5.54.